The molecule has 1 aromatic carbocycles. The number of hydrogen-bond donors (Lipinski definition) is 0. The van der Waals surface area contributed by atoms with Crippen LogP contribution >= 0.6 is 11.6 Å². The first kappa shape index (κ1) is 15.0. The summed E-state index contributed by atoms with van der Waals surface area (Å²) in [5.74, 6) is 0.455. The van der Waals surface area contributed by atoms with E-state index in [0.29, 0.717) is 16.6 Å². The highest BCUT2D eigenvalue weighted by atomic mass is 35.5. The maximum Gasteiger partial charge on any atom is 0.254 e. The second-order valence-electron chi connectivity index (χ2n) is 5.87. The van der Waals surface area contributed by atoms with Gasteiger partial charge in [-0.2, -0.15) is 0 Å². The lowest BCUT2D eigenvalue weighted by Gasteiger charge is -2.33. The van der Waals surface area contributed by atoms with Gasteiger partial charge >= 0.3 is 0 Å². The van der Waals surface area contributed by atoms with Crippen LogP contribution in [0.4, 0.5) is 0 Å². The van der Waals surface area contributed by atoms with Crippen LogP contribution in [0.1, 0.15) is 40.2 Å². The SMILES string of the molecule is Cc1ccc(C2CCCN(C(=O)c3ccnc(Cl)c3)C2)cc1. The van der Waals surface area contributed by atoms with Crippen molar-refractivity contribution in [3.8, 4) is 0 Å². The second kappa shape index (κ2) is 6.49. The van der Waals surface area contributed by atoms with Crippen LogP contribution in [-0.4, -0.2) is 28.9 Å². The maximum atomic E-state index is 12.6. The van der Waals surface area contributed by atoms with Crippen LogP contribution in [0.5, 0.6) is 0 Å². The lowest BCUT2D eigenvalue weighted by Crippen LogP contribution is -2.39. The third kappa shape index (κ3) is 3.30. The Morgan fingerprint density at radius 2 is 2.05 bits per heavy atom. The van der Waals surface area contributed by atoms with Gasteiger partial charge in [-0.05, 0) is 37.5 Å². The minimum absolute atomic E-state index is 0.0427. The van der Waals surface area contributed by atoms with Crippen molar-refractivity contribution in [1.82, 2.24) is 9.88 Å². The lowest BCUT2D eigenvalue weighted by molar-refractivity contribution is 0.0707. The van der Waals surface area contributed by atoms with E-state index in [1.807, 2.05) is 4.90 Å². The fraction of sp³-hybridized carbons (Fsp3) is 0.333. The number of rotatable bonds is 2. The molecule has 0 spiro atoms. The van der Waals surface area contributed by atoms with Crippen molar-refractivity contribution in [3.63, 3.8) is 0 Å². The van der Waals surface area contributed by atoms with E-state index in [1.165, 1.54) is 11.1 Å². The molecule has 4 heteroatoms. The summed E-state index contributed by atoms with van der Waals surface area (Å²) >= 11 is 5.89. The van der Waals surface area contributed by atoms with Crippen molar-refractivity contribution in [1.29, 1.82) is 0 Å². The molecule has 0 radical (unpaired) electrons. The summed E-state index contributed by atoms with van der Waals surface area (Å²) in [6.45, 7) is 3.66. The fourth-order valence-corrected chi connectivity index (χ4v) is 3.16. The number of halogens is 1. The van der Waals surface area contributed by atoms with Gasteiger partial charge in [0.15, 0.2) is 0 Å². The summed E-state index contributed by atoms with van der Waals surface area (Å²) < 4.78 is 0. The van der Waals surface area contributed by atoms with Gasteiger partial charge in [0, 0.05) is 30.8 Å². The molecule has 1 amide bonds. The molecule has 0 N–H and O–H groups in total. The fourth-order valence-electron chi connectivity index (χ4n) is 2.99. The van der Waals surface area contributed by atoms with Gasteiger partial charge < -0.3 is 4.90 Å². The predicted molar refractivity (Wildman–Crippen MR) is 88.3 cm³/mol. The van der Waals surface area contributed by atoms with Gasteiger partial charge in [0.05, 0.1) is 0 Å². The number of likely N-dealkylation sites (tertiary alicyclic amines) is 1. The molecular weight excluding hydrogens is 296 g/mol. The van der Waals surface area contributed by atoms with E-state index in [9.17, 15) is 4.79 Å². The Labute approximate surface area is 135 Å². The zero-order valence-electron chi connectivity index (χ0n) is 12.6. The Morgan fingerprint density at radius 1 is 1.27 bits per heavy atom. The van der Waals surface area contributed by atoms with E-state index in [-0.39, 0.29) is 5.91 Å². The summed E-state index contributed by atoms with van der Waals surface area (Å²) in [4.78, 5) is 18.5. The first-order chi connectivity index (χ1) is 10.6. The molecule has 1 aliphatic rings. The van der Waals surface area contributed by atoms with Crippen LogP contribution in [0.25, 0.3) is 0 Å². The Kier molecular flexibility index (Phi) is 4.44. The van der Waals surface area contributed by atoms with Crippen LogP contribution in [0.3, 0.4) is 0 Å². The highest BCUT2D eigenvalue weighted by Gasteiger charge is 2.25. The smallest absolute Gasteiger partial charge is 0.254 e. The van der Waals surface area contributed by atoms with Gasteiger partial charge in [-0.3, -0.25) is 4.79 Å². The number of hydrogen-bond acceptors (Lipinski definition) is 2. The van der Waals surface area contributed by atoms with E-state index in [0.717, 1.165) is 25.9 Å². The molecule has 1 atom stereocenters. The second-order valence-corrected chi connectivity index (χ2v) is 6.26. The molecule has 3 nitrogen and oxygen atoms in total. The first-order valence-corrected chi connectivity index (χ1v) is 7.98. The molecule has 1 aliphatic heterocycles. The van der Waals surface area contributed by atoms with E-state index in [4.69, 9.17) is 11.6 Å². The highest BCUT2D eigenvalue weighted by Crippen LogP contribution is 2.28. The van der Waals surface area contributed by atoms with Gasteiger partial charge in [-0.15, -0.1) is 0 Å². The van der Waals surface area contributed by atoms with Gasteiger partial charge in [-0.1, -0.05) is 41.4 Å². The molecule has 0 bridgehead atoms. The van der Waals surface area contributed by atoms with E-state index >= 15 is 0 Å². The molecule has 2 heterocycles. The topological polar surface area (TPSA) is 33.2 Å². The van der Waals surface area contributed by atoms with Gasteiger partial charge in [0.25, 0.3) is 5.91 Å². The molecule has 2 aromatic rings. The minimum atomic E-state index is 0.0427. The number of pyridine rings is 1. The summed E-state index contributed by atoms with van der Waals surface area (Å²) in [6.07, 6.45) is 3.74. The number of benzene rings is 1. The van der Waals surface area contributed by atoms with Crippen molar-refractivity contribution >= 4 is 17.5 Å². The molecule has 1 fully saturated rings. The highest BCUT2D eigenvalue weighted by molar-refractivity contribution is 6.29. The molecule has 0 aliphatic carbocycles. The average Bonchev–Trinajstić information content (AvgIpc) is 2.55. The van der Waals surface area contributed by atoms with Crippen molar-refractivity contribution in [2.24, 2.45) is 0 Å². The van der Waals surface area contributed by atoms with Crippen molar-refractivity contribution in [3.05, 3.63) is 64.4 Å². The molecule has 1 aromatic heterocycles. The van der Waals surface area contributed by atoms with Crippen LogP contribution in [-0.2, 0) is 0 Å². The Hall–Kier alpha value is -1.87. The maximum absolute atomic E-state index is 12.6. The van der Waals surface area contributed by atoms with E-state index in [1.54, 1.807) is 18.3 Å². The van der Waals surface area contributed by atoms with Gasteiger partial charge in [0.2, 0.25) is 0 Å². The summed E-state index contributed by atoms with van der Waals surface area (Å²) in [5, 5.41) is 0.359. The van der Waals surface area contributed by atoms with Crippen LogP contribution in [0.2, 0.25) is 5.15 Å². The Morgan fingerprint density at radius 3 is 2.77 bits per heavy atom. The third-order valence-electron chi connectivity index (χ3n) is 4.23. The van der Waals surface area contributed by atoms with Crippen molar-refractivity contribution in [2.45, 2.75) is 25.7 Å². The molecular formula is C18H19ClN2O. The minimum Gasteiger partial charge on any atom is -0.338 e. The van der Waals surface area contributed by atoms with E-state index < -0.39 is 0 Å². The number of nitrogens with zero attached hydrogens (tertiary/aromatic N) is 2. The van der Waals surface area contributed by atoms with E-state index in [2.05, 4.69) is 36.2 Å². The lowest BCUT2D eigenvalue weighted by atomic mass is 9.90. The molecule has 1 unspecified atom stereocenters. The third-order valence-corrected chi connectivity index (χ3v) is 4.44. The number of amides is 1. The Balaban J connectivity index is 1.75. The molecule has 22 heavy (non-hydrogen) atoms. The standard InChI is InChI=1S/C18H19ClN2O/c1-13-4-6-14(7-5-13)16-3-2-10-21(12-16)18(22)15-8-9-20-17(19)11-15/h4-9,11,16H,2-3,10,12H2,1H3. The normalized spacial score (nSPS) is 18.3. The summed E-state index contributed by atoms with van der Waals surface area (Å²) in [6, 6.07) is 12.0. The zero-order valence-corrected chi connectivity index (χ0v) is 13.4. The number of aromatic nitrogens is 1. The quantitative estimate of drug-likeness (QED) is 0.783. The zero-order chi connectivity index (χ0) is 15.5. The predicted octanol–water partition coefficient (Wildman–Crippen LogP) is 4.06. The number of piperidine rings is 1. The summed E-state index contributed by atoms with van der Waals surface area (Å²) in [5.41, 5.74) is 3.19. The number of carbonyl (C=O) groups excluding carboxylic acids is 1. The number of aryl methyl sites for hydroxylation is 1. The molecule has 1 saturated heterocycles. The Bertz CT molecular complexity index is 669. The molecule has 114 valence electrons. The van der Waals surface area contributed by atoms with Crippen LogP contribution in [0.15, 0.2) is 42.6 Å². The summed E-state index contributed by atoms with van der Waals surface area (Å²) in [7, 11) is 0. The van der Waals surface area contributed by atoms with Crippen molar-refractivity contribution in [2.75, 3.05) is 13.1 Å². The average molecular weight is 315 g/mol. The van der Waals surface area contributed by atoms with Gasteiger partial charge in [0.1, 0.15) is 5.15 Å². The monoisotopic (exact) mass is 314 g/mol. The molecule has 3 rings (SSSR count). The van der Waals surface area contributed by atoms with Gasteiger partial charge in [-0.25, -0.2) is 4.98 Å². The first-order valence-electron chi connectivity index (χ1n) is 7.61. The van der Waals surface area contributed by atoms with Crippen molar-refractivity contribution < 1.29 is 4.79 Å². The van der Waals surface area contributed by atoms with Crippen LogP contribution < -0.4 is 0 Å². The van der Waals surface area contributed by atoms with Crippen LogP contribution in [0, 0.1) is 6.92 Å². The largest absolute Gasteiger partial charge is 0.338 e. The number of carbonyl (C=O) groups is 1. The molecule has 0 saturated carbocycles.